The number of amides is 1. The van der Waals surface area contributed by atoms with Crippen LogP contribution in [0.15, 0.2) is 30.7 Å². The molecule has 1 aromatic carbocycles. The number of nitrogens with one attached hydrogen (secondary N) is 2. The lowest BCUT2D eigenvalue weighted by atomic mass is 10.1. The smallest absolute Gasteiger partial charge is 0.262 e. The van der Waals surface area contributed by atoms with Gasteiger partial charge in [-0.1, -0.05) is 6.07 Å². The Hall–Kier alpha value is -3.16. The molecule has 1 aliphatic heterocycles. The Kier molecular flexibility index (Phi) is 3.30. The van der Waals surface area contributed by atoms with Crippen LogP contribution in [-0.4, -0.2) is 32.3 Å². The van der Waals surface area contributed by atoms with Gasteiger partial charge in [0, 0.05) is 7.05 Å². The molecule has 122 valence electrons. The van der Waals surface area contributed by atoms with Crippen molar-refractivity contribution in [2.45, 2.75) is 13.0 Å². The molecule has 0 aliphatic carbocycles. The fourth-order valence-corrected chi connectivity index (χ4v) is 2.74. The van der Waals surface area contributed by atoms with Gasteiger partial charge >= 0.3 is 0 Å². The number of benzene rings is 1. The number of nitrogens with zero attached hydrogens (tertiary/aromatic N) is 4. The second-order valence-corrected chi connectivity index (χ2v) is 5.69. The first-order valence-corrected chi connectivity index (χ1v) is 7.57. The molecule has 0 saturated heterocycles. The largest absolute Gasteiger partial charge is 0.482 e. The Labute approximate surface area is 137 Å². The van der Waals surface area contributed by atoms with E-state index in [1.165, 1.54) is 6.33 Å². The van der Waals surface area contributed by atoms with Crippen molar-refractivity contribution < 1.29 is 9.53 Å². The molecule has 0 fully saturated rings. The van der Waals surface area contributed by atoms with Crippen molar-refractivity contribution >= 4 is 28.4 Å². The summed E-state index contributed by atoms with van der Waals surface area (Å²) in [6, 6.07) is 5.72. The van der Waals surface area contributed by atoms with Gasteiger partial charge in [-0.2, -0.15) is 5.10 Å². The zero-order valence-electron chi connectivity index (χ0n) is 13.3. The summed E-state index contributed by atoms with van der Waals surface area (Å²) in [6.07, 6.45) is 3.26. The molecule has 0 saturated carbocycles. The van der Waals surface area contributed by atoms with Gasteiger partial charge in [0.1, 0.15) is 17.9 Å². The highest BCUT2D eigenvalue weighted by atomic mass is 16.5. The minimum atomic E-state index is -0.145. The average Bonchev–Trinajstić information content (AvgIpc) is 2.96. The van der Waals surface area contributed by atoms with Gasteiger partial charge in [0.05, 0.1) is 23.3 Å². The molecule has 8 nitrogen and oxygen atoms in total. The third-order valence-corrected chi connectivity index (χ3v) is 4.02. The lowest BCUT2D eigenvalue weighted by molar-refractivity contribution is -0.118. The first-order chi connectivity index (χ1) is 11.6. The third kappa shape index (κ3) is 2.41. The van der Waals surface area contributed by atoms with Crippen LogP contribution >= 0.6 is 0 Å². The molecule has 24 heavy (non-hydrogen) atoms. The number of anilines is 2. The number of hydrogen-bond acceptors (Lipinski definition) is 6. The van der Waals surface area contributed by atoms with Gasteiger partial charge in [0.15, 0.2) is 12.3 Å². The molecular formula is C16H16N6O2. The van der Waals surface area contributed by atoms with Crippen LogP contribution in [0.25, 0.3) is 11.0 Å². The van der Waals surface area contributed by atoms with Gasteiger partial charge in [-0.05, 0) is 24.6 Å². The molecular weight excluding hydrogens is 308 g/mol. The van der Waals surface area contributed by atoms with Crippen LogP contribution < -0.4 is 15.4 Å². The van der Waals surface area contributed by atoms with Gasteiger partial charge in [-0.15, -0.1) is 0 Å². The molecule has 4 rings (SSSR count). The number of aromatic nitrogens is 4. The van der Waals surface area contributed by atoms with Crippen LogP contribution in [0.3, 0.4) is 0 Å². The molecule has 1 atom stereocenters. The summed E-state index contributed by atoms with van der Waals surface area (Å²) in [5.41, 5.74) is 2.47. The molecule has 0 spiro atoms. The summed E-state index contributed by atoms with van der Waals surface area (Å²) in [7, 11) is 1.84. The summed E-state index contributed by atoms with van der Waals surface area (Å²) in [5.74, 6) is 1.26. The Bertz CT molecular complexity index is 935. The minimum absolute atomic E-state index is 0.0209. The van der Waals surface area contributed by atoms with Crippen LogP contribution in [-0.2, 0) is 11.8 Å². The van der Waals surface area contributed by atoms with Gasteiger partial charge < -0.3 is 15.4 Å². The van der Waals surface area contributed by atoms with E-state index in [9.17, 15) is 4.79 Å². The summed E-state index contributed by atoms with van der Waals surface area (Å²) < 4.78 is 7.09. The Balaban J connectivity index is 1.63. The van der Waals surface area contributed by atoms with Gasteiger partial charge in [-0.25, -0.2) is 9.97 Å². The fourth-order valence-electron chi connectivity index (χ4n) is 2.74. The number of hydrogen-bond donors (Lipinski definition) is 2. The van der Waals surface area contributed by atoms with Crippen molar-refractivity contribution in [3.63, 3.8) is 0 Å². The highest BCUT2D eigenvalue weighted by molar-refractivity contribution is 5.95. The zero-order chi connectivity index (χ0) is 16.7. The number of aryl methyl sites for hydroxylation is 1. The molecule has 1 aliphatic rings. The maximum atomic E-state index is 11.5. The van der Waals surface area contributed by atoms with E-state index in [1.54, 1.807) is 10.9 Å². The van der Waals surface area contributed by atoms with E-state index in [1.807, 2.05) is 32.2 Å². The van der Waals surface area contributed by atoms with Gasteiger partial charge in [0.2, 0.25) is 0 Å². The van der Waals surface area contributed by atoms with Crippen molar-refractivity contribution in [1.82, 2.24) is 19.7 Å². The number of fused-ring (bicyclic) bond motifs is 2. The molecule has 0 radical (unpaired) electrons. The molecule has 1 amide bonds. The van der Waals surface area contributed by atoms with Crippen molar-refractivity contribution in [2.75, 3.05) is 17.2 Å². The third-order valence-electron chi connectivity index (χ3n) is 4.02. The predicted molar refractivity (Wildman–Crippen MR) is 88.9 cm³/mol. The fraction of sp³-hybridized carbons (Fsp3) is 0.250. The van der Waals surface area contributed by atoms with Crippen molar-refractivity contribution in [3.8, 4) is 5.75 Å². The van der Waals surface area contributed by atoms with E-state index in [4.69, 9.17) is 4.74 Å². The number of rotatable bonds is 3. The maximum absolute atomic E-state index is 11.5. The van der Waals surface area contributed by atoms with Gasteiger partial charge in [-0.3, -0.25) is 9.48 Å². The van der Waals surface area contributed by atoms with E-state index in [-0.39, 0.29) is 18.6 Å². The first kappa shape index (κ1) is 14.4. The quantitative estimate of drug-likeness (QED) is 0.764. The van der Waals surface area contributed by atoms with Crippen molar-refractivity contribution in [2.24, 2.45) is 7.05 Å². The van der Waals surface area contributed by atoms with E-state index in [2.05, 4.69) is 25.7 Å². The SMILES string of the molecule is C[C@@H](Nc1ncnc2c1cnn2C)c1ccc2c(c1)NC(=O)CO2. The minimum Gasteiger partial charge on any atom is -0.482 e. The van der Waals surface area contributed by atoms with E-state index in [0.717, 1.165) is 22.4 Å². The highest BCUT2D eigenvalue weighted by Crippen LogP contribution is 2.32. The summed E-state index contributed by atoms with van der Waals surface area (Å²) in [5, 5.41) is 11.3. The van der Waals surface area contributed by atoms with Crippen LogP contribution in [0.2, 0.25) is 0 Å². The monoisotopic (exact) mass is 324 g/mol. The maximum Gasteiger partial charge on any atom is 0.262 e. The van der Waals surface area contributed by atoms with Crippen molar-refractivity contribution in [3.05, 3.63) is 36.3 Å². The summed E-state index contributed by atoms with van der Waals surface area (Å²) in [6.45, 7) is 2.08. The molecule has 0 unspecified atom stereocenters. The number of ether oxygens (including phenoxy) is 1. The standard InChI is InChI=1S/C16H16N6O2/c1-9(10-3-4-13-12(5-10)21-14(23)7-24-13)20-15-11-6-19-22(2)16(11)18-8-17-15/h3-6,8-9H,7H2,1-2H3,(H,21,23)(H,17,18,20)/t9-/m1/s1. The zero-order valence-corrected chi connectivity index (χ0v) is 13.3. The second kappa shape index (κ2) is 5.48. The topological polar surface area (TPSA) is 94.0 Å². The van der Waals surface area contributed by atoms with Crippen LogP contribution in [0.4, 0.5) is 11.5 Å². The highest BCUT2D eigenvalue weighted by Gasteiger charge is 2.18. The van der Waals surface area contributed by atoms with Crippen molar-refractivity contribution in [1.29, 1.82) is 0 Å². The Morgan fingerprint density at radius 2 is 2.25 bits per heavy atom. The van der Waals surface area contributed by atoms with Crippen LogP contribution in [0.1, 0.15) is 18.5 Å². The molecule has 2 N–H and O–H groups in total. The summed E-state index contributed by atoms with van der Waals surface area (Å²) in [4.78, 5) is 20.0. The lowest BCUT2D eigenvalue weighted by Gasteiger charge is -2.21. The molecule has 8 heteroatoms. The Morgan fingerprint density at radius 1 is 1.38 bits per heavy atom. The average molecular weight is 324 g/mol. The first-order valence-electron chi connectivity index (χ1n) is 7.57. The van der Waals surface area contributed by atoms with E-state index >= 15 is 0 Å². The van der Waals surface area contributed by atoms with Gasteiger partial charge in [0.25, 0.3) is 5.91 Å². The van der Waals surface area contributed by atoms with Crippen LogP contribution in [0, 0.1) is 0 Å². The summed E-state index contributed by atoms with van der Waals surface area (Å²) >= 11 is 0. The Morgan fingerprint density at radius 3 is 3.12 bits per heavy atom. The molecule has 3 aromatic rings. The molecule has 0 bridgehead atoms. The normalized spacial score (nSPS) is 14.7. The lowest BCUT2D eigenvalue weighted by Crippen LogP contribution is -2.25. The predicted octanol–water partition coefficient (Wildman–Crippen LogP) is 1.87. The van der Waals surface area contributed by atoms with E-state index in [0.29, 0.717) is 11.4 Å². The number of carbonyl (C=O) groups is 1. The molecule has 2 aromatic heterocycles. The molecule has 3 heterocycles. The van der Waals surface area contributed by atoms with Crippen LogP contribution in [0.5, 0.6) is 5.75 Å². The van der Waals surface area contributed by atoms with E-state index < -0.39 is 0 Å². The second-order valence-electron chi connectivity index (χ2n) is 5.69. The number of carbonyl (C=O) groups excluding carboxylic acids is 1.